The number of nitrogen functional groups attached to an aromatic ring is 1. The molecule has 5 nitrogen and oxygen atoms in total. The van der Waals surface area contributed by atoms with Gasteiger partial charge in [-0.1, -0.05) is 30.3 Å². The van der Waals surface area contributed by atoms with E-state index in [1.807, 2.05) is 36.5 Å². The molecule has 0 aliphatic carbocycles. The van der Waals surface area contributed by atoms with Crippen LogP contribution in [0.25, 0.3) is 16.9 Å². The Balaban J connectivity index is 2.05. The first-order valence-electron chi connectivity index (χ1n) is 6.15. The lowest BCUT2D eigenvalue weighted by Gasteiger charge is -2.05. The summed E-state index contributed by atoms with van der Waals surface area (Å²) in [6, 6.07) is 13.5. The van der Waals surface area contributed by atoms with Gasteiger partial charge < -0.3 is 5.73 Å². The van der Waals surface area contributed by atoms with Gasteiger partial charge in [-0.15, -0.1) is 0 Å². The van der Waals surface area contributed by atoms with Gasteiger partial charge in [-0.2, -0.15) is 5.10 Å². The summed E-state index contributed by atoms with van der Waals surface area (Å²) in [5.41, 5.74) is 8.21. The van der Waals surface area contributed by atoms with Crippen molar-refractivity contribution in [3.8, 4) is 16.9 Å². The van der Waals surface area contributed by atoms with Crippen LogP contribution in [0.5, 0.6) is 0 Å². The van der Waals surface area contributed by atoms with Gasteiger partial charge in [-0.25, -0.2) is 9.67 Å². The molecule has 3 rings (SSSR count). The van der Waals surface area contributed by atoms with Crippen molar-refractivity contribution in [2.45, 2.75) is 0 Å². The molecule has 20 heavy (non-hydrogen) atoms. The quantitative estimate of drug-likeness (QED) is 0.561. The van der Waals surface area contributed by atoms with Gasteiger partial charge >= 0.3 is 0 Å². The standard InChI is InChI=1S/C15H13N5/c16-14(17)13-7-4-8-18-15(13)20-10-12(9-19-20)11-5-2-1-3-6-11/h1-10H,(H3,16,17). The van der Waals surface area contributed by atoms with E-state index in [-0.39, 0.29) is 5.84 Å². The summed E-state index contributed by atoms with van der Waals surface area (Å²) in [5, 5.41) is 11.9. The molecule has 0 saturated heterocycles. The summed E-state index contributed by atoms with van der Waals surface area (Å²) in [6.45, 7) is 0. The maximum atomic E-state index is 7.59. The van der Waals surface area contributed by atoms with Gasteiger partial charge in [-0.3, -0.25) is 5.41 Å². The molecule has 2 aromatic heterocycles. The molecule has 0 fully saturated rings. The SMILES string of the molecule is N=C(N)c1cccnc1-n1cc(-c2ccccc2)cn1. The van der Waals surface area contributed by atoms with Crippen molar-refractivity contribution in [1.29, 1.82) is 5.41 Å². The average molecular weight is 263 g/mol. The highest BCUT2D eigenvalue weighted by molar-refractivity contribution is 5.97. The number of hydrogen-bond donors (Lipinski definition) is 2. The fraction of sp³-hybridized carbons (Fsp3) is 0. The number of amidine groups is 1. The van der Waals surface area contributed by atoms with E-state index >= 15 is 0 Å². The second kappa shape index (κ2) is 4.97. The summed E-state index contributed by atoms with van der Waals surface area (Å²) in [6.07, 6.45) is 5.31. The third-order valence-corrected chi connectivity index (χ3v) is 2.98. The van der Waals surface area contributed by atoms with Crippen LogP contribution < -0.4 is 5.73 Å². The average Bonchev–Trinajstić information content (AvgIpc) is 2.98. The van der Waals surface area contributed by atoms with Gasteiger partial charge in [0, 0.05) is 18.0 Å². The van der Waals surface area contributed by atoms with Crippen LogP contribution in [0.15, 0.2) is 61.1 Å². The van der Waals surface area contributed by atoms with E-state index in [1.54, 1.807) is 29.2 Å². The van der Waals surface area contributed by atoms with Crippen molar-refractivity contribution in [3.63, 3.8) is 0 Å². The van der Waals surface area contributed by atoms with E-state index in [1.165, 1.54) is 0 Å². The number of nitrogens with one attached hydrogen (secondary N) is 1. The van der Waals surface area contributed by atoms with Crippen LogP contribution in [-0.2, 0) is 0 Å². The molecular formula is C15H13N5. The monoisotopic (exact) mass is 263 g/mol. The predicted molar refractivity (Wildman–Crippen MR) is 77.8 cm³/mol. The first-order valence-corrected chi connectivity index (χ1v) is 6.15. The van der Waals surface area contributed by atoms with Crippen LogP contribution in [-0.4, -0.2) is 20.6 Å². The molecule has 1 aromatic carbocycles. The van der Waals surface area contributed by atoms with E-state index in [0.717, 1.165) is 11.1 Å². The Labute approximate surface area is 116 Å². The Morgan fingerprint density at radius 3 is 2.60 bits per heavy atom. The molecular weight excluding hydrogens is 250 g/mol. The number of aromatic nitrogens is 3. The maximum Gasteiger partial charge on any atom is 0.164 e. The topological polar surface area (TPSA) is 80.6 Å². The fourth-order valence-electron chi connectivity index (χ4n) is 2.01. The molecule has 0 aliphatic heterocycles. The lowest BCUT2D eigenvalue weighted by atomic mass is 10.1. The summed E-state index contributed by atoms with van der Waals surface area (Å²) in [5.74, 6) is 0.534. The summed E-state index contributed by atoms with van der Waals surface area (Å²) < 4.78 is 1.64. The summed E-state index contributed by atoms with van der Waals surface area (Å²) in [7, 11) is 0. The highest BCUT2D eigenvalue weighted by atomic mass is 15.3. The maximum absolute atomic E-state index is 7.59. The van der Waals surface area contributed by atoms with E-state index in [9.17, 15) is 0 Å². The largest absolute Gasteiger partial charge is 0.384 e. The zero-order valence-corrected chi connectivity index (χ0v) is 10.7. The molecule has 5 heteroatoms. The Kier molecular flexibility index (Phi) is 3.01. The summed E-state index contributed by atoms with van der Waals surface area (Å²) in [4.78, 5) is 4.26. The van der Waals surface area contributed by atoms with Crippen LogP contribution in [0.1, 0.15) is 5.56 Å². The fourth-order valence-corrected chi connectivity index (χ4v) is 2.01. The molecule has 2 heterocycles. The van der Waals surface area contributed by atoms with Gasteiger partial charge in [0.05, 0.1) is 11.8 Å². The number of benzene rings is 1. The molecule has 3 N–H and O–H groups in total. The Hall–Kier alpha value is -2.95. The second-order valence-corrected chi connectivity index (χ2v) is 4.33. The first kappa shape index (κ1) is 12.1. The molecule has 0 saturated carbocycles. The molecule has 0 radical (unpaired) electrons. The van der Waals surface area contributed by atoms with E-state index in [4.69, 9.17) is 11.1 Å². The van der Waals surface area contributed by atoms with Gasteiger partial charge in [-0.05, 0) is 17.7 Å². The smallest absolute Gasteiger partial charge is 0.164 e. The van der Waals surface area contributed by atoms with Gasteiger partial charge in [0.25, 0.3) is 0 Å². The van der Waals surface area contributed by atoms with Gasteiger partial charge in [0.1, 0.15) is 5.84 Å². The Bertz CT molecular complexity index is 746. The third-order valence-electron chi connectivity index (χ3n) is 2.98. The molecule has 3 aromatic rings. The molecule has 0 spiro atoms. The molecule has 0 aliphatic rings. The Morgan fingerprint density at radius 1 is 1.05 bits per heavy atom. The minimum absolute atomic E-state index is 0.0233. The van der Waals surface area contributed by atoms with E-state index in [0.29, 0.717) is 11.4 Å². The first-order chi connectivity index (χ1) is 9.75. The number of nitrogens with two attached hydrogens (primary N) is 1. The van der Waals surface area contributed by atoms with Crippen LogP contribution in [0.2, 0.25) is 0 Å². The number of nitrogens with zero attached hydrogens (tertiary/aromatic N) is 3. The van der Waals surface area contributed by atoms with Crippen LogP contribution in [0, 0.1) is 5.41 Å². The molecule has 0 amide bonds. The normalized spacial score (nSPS) is 10.4. The van der Waals surface area contributed by atoms with Crippen molar-refractivity contribution >= 4 is 5.84 Å². The highest BCUT2D eigenvalue weighted by Crippen LogP contribution is 2.20. The second-order valence-electron chi connectivity index (χ2n) is 4.33. The van der Waals surface area contributed by atoms with Crippen molar-refractivity contribution in [2.24, 2.45) is 5.73 Å². The van der Waals surface area contributed by atoms with E-state index in [2.05, 4.69) is 10.1 Å². The number of hydrogen-bond acceptors (Lipinski definition) is 3. The van der Waals surface area contributed by atoms with Crippen molar-refractivity contribution < 1.29 is 0 Å². The van der Waals surface area contributed by atoms with Gasteiger partial charge in [0.2, 0.25) is 0 Å². The highest BCUT2D eigenvalue weighted by Gasteiger charge is 2.10. The van der Waals surface area contributed by atoms with Crippen molar-refractivity contribution in [1.82, 2.24) is 14.8 Å². The third kappa shape index (κ3) is 2.16. The zero-order valence-electron chi connectivity index (χ0n) is 10.7. The van der Waals surface area contributed by atoms with Gasteiger partial charge in [0.15, 0.2) is 5.82 Å². The summed E-state index contributed by atoms with van der Waals surface area (Å²) >= 11 is 0. The zero-order chi connectivity index (χ0) is 13.9. The lowest BCUT2D eigenvalue weighted by Crippen LogP contribution is -2.15. The van der Waals surface area contributed by atoms with Crippen molar-refractivity contribution in [3.05, 3.63) is 66.6 Å². The number of rotatable bonds is 3. The van der Waals surface area contributed by atoms with Crippen LogP contribution in [0.4, 0.5) is 0 Å². The van der Waals surface area contributed by atoms with E-state index < -0.39 is 0 Å². The minimum atomic E-state index is -0.0233. The Morgan fingerprint density at radius 2 is 1.85 bits per heavy atom. The molecule has 0 unspecified atom stereocenters. The predicted octanol–water partition coefficient (Wildman–Crippen LogP) is 2.22. The van der Waals surface area contributed by atoms with Crippen LogP contribution >= 0.6 is 0 Å². The molecule has 98 valence electrons. The lowest BCUT2D eigenvalue weighted by molar-refractivity contribution is 0.844. The number of pyridine rings is 1. The minimum Gasteiger partial charge on any atom is -0.384 e. The van der Waals surface area contributed by atoms with Crippen molar-refractivity contribution in [2.75, 3.05) is 0 Å². The van der Waals surface area contributed by atoms with Crippen LogP contribution in [0.3, 0.4) is 0 Å². The molecule has 0 atom stereocenters. The molecule has 0 bridgehead atoms.